The van der Waals surface area contributed by atoms with Gasteiger partial charge in [0.2, 0.25) is 0 Å². The number of hydrogen-bond acceptors (Lipinski definition) is 5. The molecule has 0 radical (unpaired) electrons. The highest BCUT2D eigenvalue weighted by molar-refractivity contribution is 9.10. The molecule has 2 fully saturated rings. The molecule has 128 valence electrons. The summed E-state index contributed by atoms with van der Waals surface area (Å²) in [6.45, 7) is 0. The molecular weight excluding hydrogens is 378 g/mol. The molecule has 0 unspecified atom stereocenters. The number of nitrogens with one attached hydrogen (secondary N) is 1. The maximum absolute atomic E-state index is 12.6. The third-order valence-electron chi connectivity index (χ3n) is 4.44. The van der Waals surface area contributed by atoms with Gasteiger partial charge >= 0.3 is 6.03 Å². The SMILES string of the molecule is COc1cc(C=NN2C(=O)NC3(CCCCC3)C2=O)cc(Br)c1O. The van der Waals surface area contributed by atoms with Crippen LogP contribution in [-0.2, 0) is 4.79 Å². The summed E-state index contributed by atoms with van der Waals surface area (Å²) in [7, 11) is 1.44. The van der Waals surface area contributed by atoms with E-state index in [-0.39, 0.29) is 17.4 Å². The van der Waals surface area contributed by atoms with Crippen molar-refractivity contribution >= 4 is 34.1 Å². The highest BCUT2D eigenvalue weighted by atomic mass is 79.9. The maximum atomic E-state index is 12.6. The number of amides is 3. The Labute approximate surface area is 147 Å². The summed E-state index contributed by atoms with van der Waals surface area (Å²) in [5.74, 6) is -0.0502. The Balaban J connectivity index is 1.83. The van der Waals surface area contributed by atoms with E-state index in [4.69, 9.17) is 4.74 Å². The lowest BCUT2D eigenvalue weighted by Crippen LogP contribution is -2.48. The molecule has 1 aromatic carbocycles. The van der Waals surface area contributed by atoms with Crippen LogP contribution in [0.5, 0.6) is 11.5 Å². The molecule has 1 aromatic rings. The van der Waals surface area contributed by atoms with Crippen molar-refractivity contribution in [2.45, 2.75) is 37.6 Å². The molecule has 0 atom stereocenters. The Hall–Kier alpha value is -2.09. The van der Waals surface area contributed by atoms with Crippen LogP contribution in [0.2, 0.25) is 0 Å². The van der Waals surface area contributed by atoms with Crippen LogP contribution in [0.4, 0.5) is 4.79 Å². The van der Waals surface area contributed by atoms with Gasteiger partial charge in [-0.25, -0.2) is 4.79 Å². The number of phenols is 1. The van der Waals surface area contributed by atoms with E-state index in [1.165, 1.54) is 13.3 Å². The van der Waals surface area contributed by atoms with Crippen LogP contribution in [0, 0.1) is 0 Å². The summed E-state index contributed by atoms with van der Waals surface area (Å²) in [5, 5.41) is 17.5. The fraction of sp³-hybridized carbons (Fsp3) is 0.438. The zero-order valence-electron chi connectivity index (χ0n) is 13.2. The van der Waals surface area contributed by atoms with E-state index in [0.717, 1.165) is 24.3 Å². The number of nitrogens with zero attached hydrogens (tertiary/aromatic N) is 2. The van der Waals surface area contributed by atoms with Crippen molar-refractivity contribution in [3.63, 3.8) is 0 Å². The number of carbonyl (C=O) groups is 2. The maximum Gasteiger partial charge on any atom is 0.346 e. The van der Waals surface area contributed by atoms with Crippen LogP contribution in [0.1, 0.15) is 37.7 Å². The second kappa shape index (κ2) is 6.43. The van der Waals surface area contributed by atoms with E-state index in [1.54, 1.807) is 12.1 Å². The standard InChI is InChI=1S/C16H18BrN3O4/c1-24-12-8-10(7-11(17)13(12)21)9-18-20-14(22)16(19-15(20)23)5-3-2-4-6-16/h7-9,21H,2-6H2,1H3,(H,19,23). The summed E-state index contributed by atoms with van der Waals surface area (Å²) in [6, 6.07) is 2.69. The molecule has 8 heteroatoms. The topological polar surface area (TPSA) is 91.2 Å². The Morgan fingerprint density at radius 2 is 2.04 bits per heavy atom. The van der Waals surface area contributed by atoms with Gasteiger partial charge in [-0.05, 0) is 46.5 Å². The first-order valence-corrected chi connectivity index (χ1v) is 8.53. The van der Waals surface area contributed by atoms with Crippen molar-refractivity contribution in [2.24, 2.45) is 5.10 Å². The van der Waals surface area contributed by atoms with Gasteiger partial charge in [-0.15, -0.1) is 5.01 Å². The number of hydrogen-bond donors (Lipinski definition) is 2. The lowest BCUT2D eigenvalue weighted by molar-refractivity contribution is -0.132. The van der Waals surface area contributed by atoms with E-state index in [1.807, 2.05) is 0 Å². The second-order valence-electron chi connectivity index (χ2n) is 5.99. The number of rotatable bonds is 3. The van der Waals surface area contributed by atoms with Crippen molar-refractivity contribution in [3.05, 3.63) is 22.2 Å². The molecular formula is C16H18BrN3O4. The Morgan fingerprint density at radius 1 is 1.33 bits per heavy atom. The molecule has 3 rings (SSSR count). The number of aromatic hydroxyl groups is 1. The number of hydrazone groups is 1. The van der Waals surface area contributed by atoms with E-state index in [2.05, 4.69) is 26.3 Å². The molecule has 0 aromatic heterocycles. The zero-order chi connectivity index (χ0) is 17.3. The number of carbonyl (C=O) groups excluding carboxylic acids is 2. The van der Waals surface area contributed by atoms with E-state index in [0.29, 0.717) is 22.9 Å². The third-order valence-corrected chi connectivity index (χ3v) is 5.04. The highest BCUT2D eigenvalue weighted by Gasteiger charge is 2.51. The number of benzene rings is 1. The molecule has 0 bridgehead atoms. The monoisotopic (exact) mass is 395 g/mol. The lowest BCUT2D eigenvalue weighted by Gasteiger charge is -2.29. The predicted molar refractivity (Wildman–Crippen MR) is 91.1 cm³/mol. The van der Waals surface area contributed by atoms with Gasteiger partial charge in [0, 0.05) is 0 Å². The quantitative estimate of drug-likeness (QED) is 0.607. The summed E-state index contributed by atoms with van der Waals surface area (Å²) in [5.41, 5.74) is -0.207. The summed E-state index contributed by atoms with van der Waals surface area (Å²) >= 11 is 3.22. The number of phenolic OH excluding ortho intramolecular Hbond substituents is 1. The Morgan fingerprint density at radius 3 is 2.71 bits per heavy atom. The van der Waals surface area contributed by atoms with Gasteiger partial charge in [0.25, 0.3) is 5.91 Å². The van der Waals surface area contributed by atoms with Gasteiger partial charge in [-0.1, -0.05) is 19.3 Å². The van der Waals surface area contributed by atoms with Crippen LogP contribution >= 0.6 is 15.9 Å². The van der Waals surface area contributed by atoms with Crippen LogP contribution in [-0.4, -0.2) is 40.9 Å². The number of imide groups is 1. The van der Waals surface area contributed by atoms with Gasteiger partial charge < -0.3 is 15.2 Å². The molecule has 2 aliphatic rings. The predicted octanol–water partition coefficient (Wildman–Crippen LogP) is 2.75. The number of halogens is 1. The summed E-state index contributed by atoms with van der Waals surface area (Å²) in [4.78, 5) is 24.7. The molecule has 1 saturated carbocycles. The molecule has 3 amide bonds. The molecule has 1 spiro atoms. The molecule has 1 aliphatic heterocycles. The number of urea groups is 1. The van der Waals surface area contributed by atoms with E-state index in [9.17, 15) is 14.7 Å². The molecule has 24 heavy (non-hydrogen) atoms. The lowest BCUT2D eigenvalue weighted by atomic mass is 9.82. The average molecular weight is 396 g/mol. The first-order valence-electron chi connectivity index (χ1n) is 7.74. The fourth-order valence-corrected chi connectivity index (χ4v) is 3.61. The van der Waals surface area contributed by atoms with Crippen molar-refractivity contribution in [3.8, 4) is 11.5 Å². The van der Waals surface area contributed by atoms with E-state index < -0.39 is 11.6 Å². The van der Waals surface area contributed by atoms with Crippen LogP contribution in [0.15, 0.2) is 21.7 Å². The minimum atomic E-state index is -0.792. The van der Waals surface area contributed by atoms with Crippen molar-refractivity contribution in [1.29, 1.82) is 0 Å². The summed E-state index contributed by atoms with van der Waals surface area (Å²) < 4.78 is 5.50. The van der Waals surface area contributed by atoms with E-state index >= 15 is 0 Å². The van der Waals surface area contributed by atoms with Crippen molar-refractivity contribution in [2.75, 3.05) is 7.11 Å². The second-order valence-corrected chi connectivity index (χ2v) is 6.84. The Bertz CT molecular complexity index is 714. The molecule has 1 saturated heterocycles. The number of methoxy groups -OCH3 is 1. The fourth-order valence-electron chi connectivity index (χ4n) is 3.15. The zero-order valence-corrected chi connectivity index (χ0v) is 14.8. The first kappa shape index (κ1) is 16.8. The van der Waals surface area contributed by atoms with Gasteiger partial charge in [0.15, 0.2) is 11.5 Å². The largest absolute Gasteiger partial charge is 0.503 e. The average Bonchev–Trinajstić information content (AvgIpc) is 2.79. The summed E-state index contributed by atoms with van der Waals surface area (Å²) in [6.07, 6.45) is 5.63. The smallest absolute Gasteiger partial charge is 0.346 e. The molecule has 1 aliphatic carbocycles. The third kappa shape index (κ3) is 2.86. The molecule has 7 nitrogen and oxygen atoms in total. The Kier molecular flexibility index (Phi) is 4.49. The minimum absolute atomic E-state index is 0.0224. The van der Waals surface area contributed by atoms with Gasteiger partial charge in [-0.2, -0.15) is 5.10 Å². The number of ether oxygens (including phenoxy) is 1. The van der Waals surface area contributed by atoms with Crippen molar-refractivity contribution in [1.82, 2.24) is 10.3 Å². The van der Waals surface area contributed by atoms with Crippen LogP contribution in [0.25, 0.3) is 0 Å². The van der Waals surface area contributed by atoms with Crippen LogP contribution in [0.3, 0.4) is 0 Å². The molecule has 2 N–H and O–H groups in total. The van der Waals surface area contributed by atoms with Gasteiger partial charge in [0.1, 0.15) is 5.54 Å². The normalized spacial score (nSPS) is 20.0. The molecule has 1 heterocycles. The van der Waals surface area contributed by atoms with Crippen molar-refractivity contribution < 1.29 is 19.4 Å². The first-order chi connectivity index (χ1) is 11.5. The van der Waals surface area contributed by atoms with Gasteiger partial charge in [-0.3, -0.25) is 4.79 Å². The van der Waals surface area contributed by atoms with Gasteiger partial charge in [0.05, 0.1) is 17.8 Å². The minimum Gasteiger partial charge on any atom is -0.503 e. The van der Waals surface area contributed by atoms with Crippen LogP contribution < -0.4 is 10.1 Å². The highest BCUT2D eigenvalue weighted by Crippen LogP contribution is 2.35.